The number of nitrogens with zero attached hydrogens (tertiary/aromatic N) is 1. The zero-order valence-corrected chi connectivity index (χ0v) is 21.0. The number of aryl methyl sites for hydroxylation is 1. The molecule has 35 heavy (non-hydrogen) atoms. The number of benzene rings is 2. The Kier molecular flexibility index (Phi) is 6.57. The van der Waals surface area contributed by atoms with Crippen LogP contribution in [0.3, 0.4) is 0 Å². The van der Waals surface area contributed by atoms with Gasteiger partial charge in [0.25, 0.3) is 0 Å². The van der Waals surface area contributed by atoms with E-state index in [4.69, 9.17) is 11.6 Å². The summed E-state index contributed by atoms with van der Waals surface area (Å²) in [6.45, 7) is 1.90. The highest BCUT2D eigenvalue weighted by Crippen LogP contribution is 2.48. The Hall–Kier alpha value is -2.88. The van der Waals surface area contributed by atoms with Crippen molar-refractivity contribution in [1.82, 2.24) is 4.98 Å². The molecule has 0 unspecified atom stereocenters. The molecule has 10 heteroatoms. The summed E-state index contributed by atoms with van der Waals surface area (Å²) >= 11 is 8.88. The first-order valence-electron chi connectivity index (χ1n) is 11.1. The number of carbonyl (C=O) groups is 3. The van der Waals surface area contributed by atoms with Crippen LogP contribution >= 0.6 is 34.7 Å². The average Bonchev–Trinajstić information content (AvgIpc) is 3.54. The van der Waals surface area contributed by atoms with Crippen LogP contribution in [-0.2, 0) is 14.4 Å². The monoisotopic (exact) mass is 527 g/mol. The van der Waals surface area contributed by atoms with E-state index < -0.39 is 17.8 Å². The number of carboxylic acid groups (broad SMARTS) is 1. The molecule has 3 N–H and O–H groups in total. The third-order valence-electron chi connectivity index (χ3n) is 6.47. The molecule has 7 nitrogen and oxygen atoms in total. The maximum absolute atomic E-state index is 13.0. The van der Waals surface area contributed by atoms with Crippen LogP contribution in [0.2, 0.25) is 5.02 Å². The van der Waals surface area contributed by atoms with Crippen molar-refractivity contribution < 1.29 is 19.5 Å². The van der Waals surface area contributed by atoms with Crippen LogP contribution in [-0.4, -0.2) is 33.6 Å². The molecule has 2 aliphatic rings. The number of carboxylic acids is 1. The Balaban J connectivity index is 1.22. The maximum Gasteiger partial charge on any atom is 0.307 e. The summed E-state index contributed by atoms with van der Waals surface area (Å²) in [4.78, 5) is 41.6. The van der Waals surface area contributed by atoms with Crippen molar-refractivity contribution >= 4 is 74.1 Å². The van der Waals surface area contributed by atoms with Gasteiger partial charge in [-0.1, -0.05) is 41.6 Å². The molecule has 0 aliphatic heterocycles. The highest BCUT2D eigenvalue weighted by atomic mass is 35.5. The molecule has 1 fully saturated rings. The van der Waals surface area contributed by atoms with E-state index in [0.717, 1.165) is 20.1 Å². The predicted molar refractivity (Wildman–Crippen MR) is 139 cm³/mol. The number of hydrogen-bond acceptors (Lipinski definition) is 6. The van der Waals surface area contributed by atoms with Gasteiger partial charge in [-0.2, -0.15) is 0 Å². The molecule has 1 saturated carbocycles. The van der Waals surface area contributed by atoms with Crippen LogP contribution in [0.5, 0.6) is 0 Å². The number of anilines is 2. The van der Waals surface area contributed by atoms with Crippen molar-refractivity contribution in [3.63, 3.8) is 0 Å². The molecule has 4 atom stereocenters. The van der Waals surface area contributed by atoms with Crippen molar-refractivity contribution in [2.45, 2.75) is 17.7 Å². The minimum absolute atomic E-state index is 0.0293. The number of aliphatic carboxylic acids is 1. The zero-order valence-electron chi connectivity index (χ0n) is 18.7. The smallest absolute Gasteiger partial charge is 0.307 e. The van der Waals surface area contributed by atoms with E-state index in [0.29, 0.717) is 22.8 Å². The maximum atomic E-state index is 13.0. The van der Waals surface area contributed by atoms with Gasteiger partial charge in [-0.3, -0.25) is 14.4 Å². The standard InChI is InChI=1S/C25H22ClN3O4S2/c1-12-2-5-15(9-17(12)26)27-20(30)11-34-25-29-18-7-6-16(10-19(18)35-25)28-23(31)21-13-3-4-14(8-13)22(21)24(32)33/h2-7,9-10,13-14,21-22H,8,11H2,1H3,(H,27,30)(H,28,31)(H,32,33)/t13-,14-,21-,22+/m0/s1. The Labute approximate surface area is 215 Å². The number of halogens is 1. The fraction of sp³-hybridized carbons (Fsp3) is 0.280. The van der Waals surface area contributed by atoms with Crippen molar-refractivity contribution in [2.75, 3.05) is 16.4 Å². The highest BCUT2D eigenvalue weighted by molar-refractivity contribution is 8.01. The molecular formula is C25H22ClN3O4S2. The number of allylic oxidation sites excluding steroid dienone is 2. The molecule has 5 rings (SSSR count). The Morgan fingerprint density at radius 2 is 1.80 bits per heavy atom. The number of thiazole rings is 1. The van der Waals surface area contributed by atoms with E-state index in [9.17, 15) is 19.5 Å². The number of carbonyl (C=O) groups excluding carboxylic acids is 2. The summed E-state index contributed by atoms with van der Waals surface area (Å²) in [6.07, 6.45) is 4.61. The molecule has 180 valence electrons. The number of fused-ring (bicyclic) bond motifs is 3. The van der Waals surface area contributed by atoms with Gasteiger partial charge in [-0.25, -0.2) is 4.98 Å². The van der Waals surface area contributed by atoms with Gasteiger partial charge in [0.2, 0.25) is 11.8 Å². The minimum Gasteiger partial charge on any atom is -0.481 e. The number of hydrogen-bond donors (Lipinski definition) is 3. The quantitative estimate of drug-likeness (QED) is 0.278. The van der Waals surface area contributed by atoms with Crippen molar-refractivity contribution in [1.29, 1.82) is 0 Å². The molecule has 2 aliphatic carbocycles. The van der Waals surface area contributed by atoms with Crippen LogP contribution in [0, 0.1) is 30.6 Å². The van der Waals surface area contributed by atoms with Gasteiger partial charge in [0, 0.05) is 16.4 Å². The van der Waals surface area contributed by atoms with E-state index in [-0.39, 0.29) is 29.4 Å². The second kappa shape index (κ2) is 9.64. The lowest BCUT2D eigenvalue weighted by Crippen LogP contribution is -2.36. The first-order valence-corrected chi connectivity index (χ1v) is 13.3. The van der Waals surface area contributed by atoms with Crippen LogP contribution < -0.4 is 10.6 Å². The van der Waals surface area contributed by atoms with Gasteiger partial charge >= 0.3 is 5.97 Å². The van der Waals surface area contributed by atoms with Gasteiger partial charge < -0.3 is 15.7 Å². The minimum atomic E-state index is -0.920. The molecule has 3 aromatic rings. The van der Waals surface area contributed by atoms with Gasteiger partial charge in [0.05, 0.1) is 27.8 Å². The third kappa shape index (κ3) is 4.94. The Morgan fingerprint density at radius 3 is 2.54 bits per heavy atom. The fourth-order valence-corrected chi connectivity index (χ4v) is 6.87. The molecule has 1 aromatic heterocycles. The van der Waals surface area contributed by atoms with Crippen molar-refractivity contribution in [3.8, 4) is 0 Å². The topological polar surface area (TPSA) is 108 Å². The fourth-order valence-electron chi connectivity index (χ4n) is 4.78. The zero-order chi connectivity index (χ0) is 24.7. The van der Waals surface area contributed by atoms with Crippen LogP contribution in [0.4, 0.5) is 11.4 Å². The Morgan fingerprint density at radius 1 is 1.09 bits per heavy atom. The number of nitrogens with one attached hydrogen (secondary N) is 2. The van der Waals surface area contributed by atoms with Gasteiger partial charge in [-0.15, -0.1) is 11.3 Å². The normalized spacial score (nSPS) is 22.5. The molecule has 0 radical (unpaired) electrons. The molecular weight excluding hydrogens is 506 g/mol. The summed E-state index contributed by atoms with van der Waals surface area (Å²) in [5.74, 6) is -2.49. The number of thioether (sulfide) groups is 1. The number of amides is 2. The predicted octanol–water partition coefficient (Wildman–Crippen LogP) is 5.45. The molecule has 0 saturated heterocycles. The van der Waals surface area contributed by atoms with E-state index in [2.05, 4.69) is 15.6 Å². The summed E-state index contributed by atoms with van der Waals surface area (Å²) in [5.41, 5.74) is 2.96. The number of rotatable bonds is 7. The number of aromatic nitrogens is 1. The van der Waals surface area contributed by atoms with Crippen molar-refractivity contribution in [2.24, 2.45) is 23.7 Å². The average molecular weight is 528 g/mol. The third-order valence-corrected chi connectivity index (χ3v) is 9.03. The van der Waals surface area contributed by atoms with Crippen LogP contribution in [0.1, 0.15) is 12.0 Å². The molecule has 2 amide bonds. The Bertz CT molecular complexity index is 1370. The summed E-state index contributed by atoms with van der Waals surface area (Å²) < 4.78 is 1.61. The lowest BCUT2D eigenvalue weighted by Gasteiger charge is -2.23. The largest absolute Gasteiger partial charge is 0.481 e. The van der Waals surface area contributed by atoms with E-state index in [1.165, 1.54) is 23.1 Å². The summed E-state index contributed by atoms with van der Waals surface area (Å²) in [6, 6.07) is 10.8. The van der Waals surface area contributed by atoms with Crippen molar-refractivity contribution in [3.05, 3.63) is 59.1 Å². The van der Waals surface area contributed by atoms with Crippen LogP contribution in [0.25, 0.3) is 10.2 Å². The van der Waals surface area contributed by atoms with E-state index in [1.807, 2.05) is 43.3 Å². The summed E-state index contributed by atoms with van der Waals surface area (Å²) in [5, 5.41) is 15.9. The molecule has 0 spiro atoms. The lowest BCUT2D eigenvalue weighted by molar-refractivity contribution is -0.146. The second-order valence-corrected chi connectivity index (χ2v) is 11.5. The highest BCUT2D eigenvalue weighted by Gasteiger charge is 2.51. The second-order valence-electron chi connectivity index (χ2n) is 8.79. The van der Waals surface area contributed by atoms with Crippen LogP contribution in [0.15, 0.2) is 52.9 Å². The van der Waals surface area contributed by atoms with E-state index in [1.54, 1.807) is 12.1 Å². The molecule has 1 heterocycles. The first-order chi connectivity index (χ1) is 16.8. The lowest BCUT2D eigenvalue weighted by atomic mass is 9.82. The molecule has 2 aromatic carbocycles. The first kappa shape index (κ1) is 23.8. The van der Waals surface area contributed by atoms with Gasteiger partial charge in [0.1, 0.15) is 0 Å². The summed E-state index contributed by atoms with van der Waals surface area (Å²) in [7, 11) is 0. The van der Waals surface area contributed by atoms with Gasteiger partial charge in [-0.05, 0) is 61.1 Å². The molecule has 2 bridgehead atoms. The van der Waals surface area contributed by atoms with Gasteiger partial charge in [0.15, 0.2) is 4.34 Å². The SMILES string of the molecule is Cc1ccc(NC(=O)CSc2nc3ccc(NC(=O)[C@@H]4[C@H](C(=O)O)[C@H]5C=C[C@H]4C5)cc3s2)cc1Cl. The van der Waals surface area contributed by atoms with E-state index >= 15 is 0 Å².